The maximum Gasteiger partial charge on any atom is 0.312 e. The van der Waals surface area contributed by atoms with Gasteiger partial charge in [-0.3, -0.25) is 14.9 Å². The van der Waals surface area contributed by atoms with E-state index in [0.29, 0.717) is 16.9 Å². The summed E-state index contributed by atoms with van der Waals surface area (Å²) >= 11 is 0. The molecule has 0 unspecified atom stereocenters. The zero-order valence-corrected chi connectivity index (χ0v) is 19.3. The first kappa shape index (κ1) is 22.9. The van der Waals surface area contributed by atoms with Crippen LogP contribution in [0.5, 0.6) is 11.5 Å². The normalized spacial score (nSPS) is 11.6. The van der Waals surface area contributed by atoms with Crippen LogP contribution in [0.3, 0.4) is 0 Å². The van der Waals surface area contributed by atoms with E-state index < -0.39 is 4.92 Å². The third-order valence-corrected chi connectivity index (χ3v) is 5.61. The van der Waals surface area contributed by atoms with E-state index in [1.54, 1.807) is 36.4 Å². The molecule has 0 aliphatic rings. The summed E-state index contributed by atoms with van der Waals surface area (Å²) in [5.41, 5.74) is 2.10. The third-order valence-electron chi connectivity index (χ3n) is 5.61. The fourth-order valence-electron chi connectivity index (χ4n) is 3.72. The minimum absolute atomic E-state index is 0.00197. The Morgan fingerprint density at radius 2 is 1.62 bits per heavy atom. The highest BCUT2D eigenvalue weighted by Gasteiger charge is 2.18. The highest BCUT2D eigenvalue weighted by Crippen LogP contribution is 2.33. The van der Waals surface area contributed by atoms with Gasteiger partial charge in [-0.05, 0) is 51.6 Å². The molecule has 4 aromatic rings. The number of nitrogens with zero attached hydrogens (tertiary/aromatic N) is 1. The van der Waals surface area contributed by atoms with Gasteiger partial charge in [0.1, 0.15) is 5.75 Å². The predicted molar refractivity (Wildman–Crippen MR) is 136 cm³/mol. The Bertz CT molecular complexity index is 1390. The molecule has 4 rings (SSSR count). The van der Waals surface area contributed by atoms with Crippen LogP contribution in [0.1, 0.15) is 42.3 Å². The second-order valence-electron chi connectivity index (χ2n) is 9.09. The van der Waals surface area contributed by atoms with Gasteiger partial charge in [0.05, 0.1) is 4.92 Å². The lowest BCUT2D eigenvalue weighted by Gasteiger charge is -2.19. The van der Waals surface area contributed by atoms with E-state index in [-0.39, 0.29) is 22.6 Å². The van der Waals surface area contributed by atoms with Crippen molar-refractivity contribution in [2.24, 2.45) is 0 Å². The number of nitro benzene ring substituents is 1. The third kappa shape index (κ3) is 5.04. The fraction of sp³-hybridized carbons (Fsp3) is 0.138. The van der Waals surface area contributed by atoms with E-state index >= 15 is 0 Å². The van der Waals surface area contributed by atoms with Gasteiger partial charge in [0, 0.05) is 11.6 Å². The number of hydrogen-bond acceptors (Lipinski definition) is 4. The largest absolute Gasteiger partial charge is 0.450 e. The molecule has 0 bridgehead atoms. The van der Waals surface area contributed by atoms with Crippen molar-refractivity contribution in [3.05, 3.63) is 118 Å². The predicted octanol–water partition coefficient (Wildman–Crippen LogP) is 7.73. The number of benzene rings is 4. The van der Waals surface area contributed by atoms with Crippen LogP contribution >= 0.6 is 0 Å². The Labute approximate surface area is 198 Å². The number of carbonyl (C=O) groups is 1. The van der Waals surface area contributed by atoms with Crippen molar-refractivity contribution in [1.29, 1.82) is 0 Å². The maximum atomic E-state index is 12.8. The molecule has 0 atom stereocenters. The Kier molecular flexibility index (Phi) is 6.28. The van der Waals surface area contributed by atoms with Crippen LogP contribution in [0.4, 0.5) is 5.69 Å². The molecule has 0 radical (unpaired) electrons. The van der Waals surface area contributed by atoms with Crippen LogP contribution in [0.15, 0.2) is 91.0 Å². The molecular formula is C29H25NO4. The Morgan fingerprint density at radius 3 is 2.32 bits per heavy atom. The van der Waals surface area contributed by atoms with Crippen molar-refractivity contribution >= 4 is 28.3 Å². The summed E-state index contributed by atoms with van der Waals surface area (Å²) in [5.74, 6) is 0.496. The van der Waals surface area contributed by atoms with Gasteiger partial charge in [-0.1, -0.05) is 87.5 Å². The van der Waals surface area contributed by atoms with Gasteiger partial charge in [-0.25, -0.2) is 0 Å². The van der Waals surface area contributed by atoms with Crippen LogP contribution in [-0.2, 0) is 5.41 Å². The first-order chi connectivity index (χ1) is 16.2. The Balaban J connectivity index is 1.57. The molecule has 0 saturated carbocycles. The summed E-state index contributed by atoms with van der Waals surface area (Å²) in [6, 6.07) is 25.4. The molecule has 0 aliphatic heterocycles. The van der Waals surface area contributed by atoms with Crippen molar-refractivity contribution in [3.8, 4) is 11.5 Å². The maximum absolute atomic E-state index is 12.8. The van der Waals surface area contributed by atoms with Crippen LogP contribution < -0.4 is 4.74 Å². The molecule has 0 heterocycles. The number of carbonyl (C=O) groups excluding carboxylic acids is 1. The average molecular weight is 452 g/mol. The average Bonchev–Trinajstić information content (AvgIpc) is 2.82. The van der Waals surface area contributed by atoms with Crippen LogP contribution in [0, 0.1) is 10.1 Å². The molecule has 5 nitrogen and oxygen atoms in total. The molecule has 0 N–H and O–H groups in total. The summed E-state index contributed by atoms with van der Waals surface area (Å²) in [4.78, 5) is 24.0. The number of ether oxygens (including phenoxy) is 1. The molecule has 170 valence electrons. The molecule has 0 aromatic heterocycles. The number of hydrogen-bond donors (Lipinski definition) is 0. The molecule has 5 heteroatoms. The fourth-order valence-corrected chi connectivity index (χ4v) is 3.72. The van der Waals surface area contributed by atoms with Gasteiger partial charge >= 0.3 is 5.69 Å². The zero-order chi connectivity index (χ0) is 24.3. The standard InChI is InChI=1S/C29H25NO4/c1-29(2,3)22-13-15-23(16-14-22)34-28-18-12-20(19-26(28)30(32)33)11-17-27(31)25-10-6-8-21-7-4-5-9-24(21)25/h4-19H,1-3H3/b17-11+. The van der Waals surface area contributed by atoms with Gasteiger partial charge in [0.2, 0.25) is 5.75 Å². The topological polar surface area (TPSA) is 69.4 Å². The molecule has 34 heavy (non-hydrogen) atoms. The highest BCUT2D eigenvalue weighted by atomic mass is 16.6. The molecule has 4 aromatic carbocycles. The molecule has 0 amide bonds. The molecule has 0 saturated heterocycles. The van der Waals surface area contributed by atoms with Crippen LogP contribution in [0.2, 0.25) is 0 Å². The van der Waals surface area contributed by atoms with Gasteiger partial charge < -0.3 is 4.74 Å². The Hall–Kier alpha value is -4.25. The van der Waals surface area contributed by atoms with E-state index in [1.807, 2.05) is 48.5 Å². The smallest absolute Gasteiger partial charge is 0.312 e. The van der Waals surface area contributed by atoms with Crippen molar-refractivity contribution in [3.63, 3.8) is 0 Å². The van der Waals surface area contributed by atoms with E-state index in [2.05, 4.69) is 20.8 Å². The number of allylic oxidation sites excluding steroid dienone is 1. The number of nitro groups is 1. The van der Waals surface area contributed by atoms with Crippen LogP contribution in [-0.4, -0.2) is 10.7 Å². The minimum Gasteiger partial charge on any atom is -0.450 e. The van der Waals surface area contributed by atoms with Crippen molar-refractivity contribution in [2.75, 3.05) is 0 Å². The van der Waals surface area contributed by atoms with E-state index in [1.165, 1.54) is 12.1 Å². The van der Waals surface area contributed by atoms with Crippen molar-refractivity contribution in [1.82, 2.24) is 0 Å². The van der Waals surface area contributed by atoms with Crippen molar-refractivity contribution in [2.45, 2.75) is 26.2 Å². The molecule has 0 fully saturated rings. The van der Waals surface area contributed by atoms with Gasteiger partial charge in [0.15, 0.2) is 5.78 Å². The highest BCUT2D eigenvalue weighted by molar-refractivity contribution is 6.14. The van der Waals surface area contributed by atoms with Gasteiger partial charge in [-0.15, -0.1) is 0 Å². The van der Waals surface area contributed by atoms with E-state index in [0.717, 1.165) is 16.3 Å². The number of ketones is 1. The minimum atomic E-state index is -0.483. The second kappa shape index (κ2) is 9.32. The first-order valence-electron chi connectivity index (χ1n) is 11.0. The van der Waals surface area contributed by atoms with Gasteiger partial charge in [0.25, 0.3) is 0 Å². The monoisotopic (exact) mass is 451 g/mol. The van der Waals surface area contributed by atoms with Crippen molar-refractivity contribution < 1.29 is 14.5 Å². The lowest BCUT2D eigenvalue weighted by Crippen LogP contribution is -2.10. The lowest BCUT2D eigenvalue weighted by molar-refractivity contribution is -0.385. The zero-order valence-electron chi connectivity index (χ0n) is 19.3. The summed E-state index contributed by atoms with van der Waals surface area (Å²) in [6.07, 6.45) is 3.02. The Morgan fingerprint density at radius 1 is 0.912 bits per heavy atom. The molecule has 0 spiro atoms. The number of rotatable bonds is 6. The van der Waals surface area contributed by atoms with E-state index in [4.69, 9.17) is 4.74 Å². The summed E-state index contributed by atoms with van der Waals surface area (Å²) in [7, 11) is 0. The molecular weight excluding hydrogens is 426 g/mol. The SMILES string of the molecule is CC(C)(C)c1ccc(Oc2ccc(/C=C/C(=O)c3cccc4ccccc34)cc2[N+](=O)[O-])cc1. The molecule has 0 aliphatic carbocycles. The summed E-state index contributed by atoms with van der Waals surface area (Å²) < 4.78 is 5.80. The van der Waals surface area contributed by atoms with E-state index in [9.17, 15) is 14.9 Å². The number of fused-ring (bicyclic) bond motifs is 1. The quantitative estimate of drug-likeness (QED) is 0.130. The first-order valence-corrected chi connectivity index (χ1v) is 11.0. The lowest BCUT2D eigenvalue weighted by atomic mass is 9.87. The summed E-state index contributed by atoms with van der Waals surface area (Å²) in [6.45, 7) is 6.35. The van der Waals surface area contributed by atoms with Gasteiger partial charge in [-0.2, -0.15) is 0 Å². The second-order valence-corrected chi connectivity index (χ2v) is 9.09. The van der Waals surface area contributed by atoms with Crippen LogP contribution in [0.25, 0.3) is 16.8 Å². The summed E-state index contributed by atoms with van der Waals surface area (Å²) in [5, 5.41) is 13.5.